The molecule has 2 N–H and O–H groups in total. The Labute approximate surface area is 121 Å². The van der Waals surface area contributed by atoms with Crippen molar-refractivity contribution in [2.45, 2.75) is 38.6 Å². The highest BCUT2D eigenvalue weighted by atomic mass is 32.1. The highest BCUT2D eigenvalue weighted by Crippen LogP contribution is 2.27. The Kier molecular flexibility index (Phi) is 4.94. The Morgan fingerprint density at radius 1 is 1.40 bits per heavy atom. The molecule has 6 nitrogen and oxygen atoms in total. The highest BCUT2D eigenvalue weighted by Gasteiger charge is 2.17. The normalized spacial score (nSPS) is 13.7. The maximum absolute atomic E-state index is 11.8. The first kappa shape index (κ1) is 14.8. The fraction of sp³-hybridized carbons (Fsp3) is 0.615. The number of amides is 2. The van der Waals surface area contributed by atoms with Gasteiger partial charge in [-0.25, -0.2) is 9.78 Å². The zero-order valence-corrected chi connectivity index (χ0v) is 12.3. The van der Waals surface area contributed by atoms with Gasteiger partial charge in [0.05, 0.1) is 18.7 Å². The fourth-order valence-corrected chi connectivity index (χ4v) is 3.37. The predicted octanol–water partition coefficient (Wildman–Crippen LogP) is 1.64. The van der Waals surface area contributed by atoms with E-state index in [-0.39, 0.29) is 19.0 Å². The van der Waals surface area contributed by atoms with Crippen molar-refractivity contribution in [3.8, 4) is 0 Å². The molecule has 0 unspecified atom stereocenters. The van der Waals surface area contributed by atoms with E-state index in [4.69, 9.17) is 5.11 Å². The second-order valence-electron chi connectivity index (χ2n) is 4.92. The van der Waals surface area contributed by atoms with Crippen LogP contribution in [0.25, 0.3) is 0 Å². The molecule has 0 atom stereocenters. The number of fused-ring (bicyclic) bond motifs is 1. The molecule has 0 saturated carbocycles. The highest BCUT2D eigenvalue weighted by molar-refractivity contribution is 7.11. The minimum atomic E-state index is -0.916. The largest absolute Gasteiger partial charge is 0.481 e. The molecule has 2 rings (SSSR count). The van der Waals surface area contributed by atoms with Gasteiger partial charge in [0.2, 0.25) is 0 Å². The van der Waals surface area contributed by atoms with Crippen LogP contribution in [0.1, 0.15) is 34.8 Å². The van der Waals surface area contributed by atoms with Crippen molar-refractivity contribution >= 4 is 23.3 Å². The molecule has 0 aliphatic heterocycles. The number of hydrogen-bond acceptors (Lipinski definition) is 4. The molecule has 0 saturated heterocycles. The molecule has 20 heavy (non-hydrogen) atoms. The van der Waals surface area contributed by atoms with E-state index in [0.717, 1.165) is 17.8 Å². The third-order valence-corrected chi connectivity index (χ3v) is 4.37. The van der Waals surface area contributed by atoms with Crippen LogP contribution in [0.2, 0.25) is 0 Å². The number of aromatic nitrogens is 1. The molecule has 0 aromatic carbocycles. The molecule has 1 aromatic rings. The van der Waals surface area contributed by atoms with Crippen molar-refractivity contribution in [2.24, 2.45) is 0 Å². The van der Waals surface area contributed by atoms with Crippen LogP contribution in [0.4, 0.5) is 4.79 Å². The van der Waals surface area contributed by atoms with Crippen molar-refractivity contribution in [2.75, 3.05) is 13.6 Å². The third kappa shape index (κ3) is 3.93. The van der Waals surface area contributed by atoms with Gasteiger partial charge in [0.1, 0.15) is 5.01 Å². The van der Waals surface area contributed by atoms with Gasteiger partial charge in [-0.3, -0.25) is 4.79 Å². The van der Waals surface area contributed by atoms with Gasteiger partial charge in [0, 0.05) is 18.5 Å². The van der Waals surface area contributed by atoms with Gasteiger partial charge < -0.3 is 15.3 Å². The number of nitrogens with one attached hydrogen (secondary N) is 1. The van der Waals surface area contributed by atoms with E-state index >= 15 is 0 Å². The summed E-state index contributed by atoms with van der Waals surface area (Å²) in [4.78, 5) is 29.6. The summed E-state index contributed by atoms with van der Waals surface area (Å²) in [5.41, 5.74) is 1.19. The lowest BCUT2D eigenvalue weighted by molar-refractivity contribution is -0.136. The van der Waals surface area contributed by atoms with Gasteiger partial charge in [-0.2, -0.15) is 0 Å². The van der Waals surface area contributed by atoms with Crippen LogP contribution >= 0.6 is 11.3 Å². The van der Waals surface area contributed by atoms with Gasteiger partial charge in [-0.15, -0.1) is 11.3 Å². The lowest BCUT2D eigenvalue weighted by Crippen LogP contribution is -2.37. The van der Waals surface area contributed by atoms with Crippen LogP contribution in [0.3, 0.4) is 0 Å². The maximum atomic E-state index is 11.8. The van der Waals surface area contributed by atoms with Crippen molar-refractivity contribution in [3.63, 3.8) is 0 Å². The number of aryl methyl sites for hydroxylation is 2. The van der Waals surface area contributed by atoms with E-state index in [9.17, 15) is 9.59 Å². The Bertz CT molecular complexity index is 478. The Hall–Kier alpha value is -1.63. The average molecular weight is 297 g/mol. The lowest BCUT2D eigenvalue weighted by Gasteiger charge is -2.16. The SMILES string of the molecule is CN(Cc1nc2c(s1)CCCC2)C(=O)NCCC(=O)O. The van der Waals surface area contributed by atoms with Crippen LogP contribution < -0.4 is 5.32 Å². The molecule has 0 spiro atoms. The first-order valence-corrected chi connectivity index (χ1v) is 7.56. The predicted molar refractivity (Wildman–Crippen MR) is 75.9 cm³/mol. The lowest BCUT2D eigenvalue weighted by atomic mass is 10.0. The molecule has 7 heteroatoms. The first-order valence-electron chi connectivity index (χ1n) is 6.74. The number of thiazole rings is 1. The molecular formula is C13H19N3O3S. The maximum Gasteiger partial charge on any atom is 0.317 e. The number of nitrogens with zero attached hydrogens (tertiary/aromatic N) is 2. The standard InChI is InChI=1S/C13H19N3O3S/c1-16(13(19)14-7-6-12(17)18)8-11-15-9-4-2-3-5-10(9)20-11/h2-8H2,1H3,(H,14,19)(H,17,18). The summed E-state index contributed by atoms with van der Waals surface area (Å²) < 4.78 is 0. The fourth-order valence-electron chi connectivity index (χ4n) is 2.16. The van der Waals surface area contributed by atoms with E-state index in [1.165, 1.54) is 28.3 Å². The molecule has 1 aromatic heterocycles. The molecule has 1 aliphatic carbocycles. The van der Waals surface area contributed by atoms with Crippen LogP contribution in [-0.4, -0.2) is 40.6 Å². The van der Waals surface area contributed by atoms with E-state index in [1.807, 2.05) is 0 Å². The van der Waals surface area contributed by atoms with E-state index in [1.54, 1.807) is 18.4 Å². The minimum Gasteiger partial charge on any atom is -0.481 e. The number of carbonyl (C=O) groups excluding carboxylic acids is 1. The van der Waals surface area contributed by atoms with Crippen LogP contribution in [-0.2, 0) is 24.2 Å². The molecule has 2 amide bonds. The average Bonchev–Trinajstić information content (AvgIpc) is 2.80. The number of carboxylic acids is 1. The number of carboxylic acid groups (broad SMARTS) is 1. The molecule has 110 valence electrons. The van der Waals surface area contributed by atoms with Crippen LogP contribution in [0.5, 0.6) is 0 Å². The Balaban J connectivity index is 1.84. The summed E-state index contributed by atoms with van der Waals surface area (Å²) in [5.74, 6) is -0.916. The third-order valence-electron chi connectivity index (χ3n) is 3.22. The van der Waals surface area contributed by atoms with E-state index in [2.05, 4.69) is 10.3 Å². The van der Waals surface area contributed by atoms with Crippen molar-refractivity contribution in [1.82, 2.24) is 15.2 Å². The van der Waals surface area contributed by atoms with Crippen molar-refractivity contribution in [1.29, 1.82) is 0 Å². The Morgan fingerprint density at radius 3 is 2.85 bits per heavy atom. The summed E-state index contributed by atoms with van der Waals surface area (Å²) in [6.07, 6.45) is 4.49. The summed E-state index contributed by atoms with van der Waals surface area (Å²) in [5, 5.41) is 12.1. The molecule has 1 heterocycles. The zero-order chi connectivity index (χ0) is 14.5. The molecular weight excluding hydrogens is 278 g/mol. The van der Waals surface area contributed by atoms with Gasteiger partial charge in [0.25, 0.3) is 0 Å². The van der Waals surface area contributed by atoms with Crippen molar-refractivity contribution < 1.29 is 14.7 Å². The molecule has 0 bridgehead atoms. The topological polar surface area (TPSA) is 82.5 Å². The second kappa shape index (κ2) is 6.69. The number of aliphatic carboxylic acids is 1. The second-order valence-corrected chi connectivity index (χ2v) is 6.08. The monoisotopic (exact) mass is 297 g/mol. The summed E-state index contributed by atoms with van der Waals surface area (Å²) in [7, 11) is 1.69. The van der Waals surface area contributed by atoms with E-state index < -0.39 is 5.97 Å². The number of carbonyl (C=O) groups is 2. The van der Waals surface area contributed by atoms with Gasteiger partial charge >= 0.3 is 12.0 Å². The van der Waals surface area contributed by atoms with Crippen LogP contribution in [0, 0.1) is 0 Å². The number of hydrogen-bond donors (Lipinski definition) is 2. The number of rotatable bonds is 5. The summed E-state index contributed by atoms with van der Waals surface area (Å²) in [6.45, 7) is 0.615. The quantitative estimate of drug-likeness (QED) is 0.865. The zero-order valence-electron chi connectivity index (χ0n) is 11.5. The molecule has 0 radical (unpaired) electrons. The van der Waals surface area contributed by atoms with E-state index in [0.29, 0.717) is 6.54 Å². The van der Waals surface area contributed by atoms with Gasteiger partial charge in [-0.05, 0) is 25.7 Å². The summed E-state index contributed by atoms with van der Waals surface area (Å²) >= 11 is 1.68. The molecule has 1 aliphatic rings. The summed E-state index contributed by atoms with van der Waals surface area (Å²) in [6, 6.07) is -0.264. The first-order chi connectivity index (χ1) is 9.56. The van der Waals surface area contributed by atoms with Gasteiger partial charge in [-0.1, -0.05) is 0 Å². The molecule has 0 fully saturated rings. The van der Waals surface area contributed by atoms with Crippen LogP contribution in [0.15, 0.2) is 0 Å². The Morgan fingerprint density at radius 2 is 2.15 bits per heavy atom. The van der Waals surface area contributed by atoms with Crippen molar-refractivity contribution in [3.05, 3.63) is 15.6 Å². The van der Waals surface area contributed by atoms with Gasteiger partial charge in [0.15, 0.2) is 0 Å². The number of urea groups is 1. The smallest absolute Gasteiger partial charge is 0.317 e. The minimum absolute atomic E-state index is 0.0644.